The largest absolute Gasteiger partial charge is 0.469 e. The topological polar surface area (TPSA) is 42.4 Å². The van der Waals surface area contributed by atoms with Crippen LogP contribution in [0.3, 0.4) is 0 Å². The lowest BCUT2D eigenvalue weighted by molar-refractivity contribution is 0.226. The third-order valence-electron chi connectivity index (χ3n) is 4.25. The Kier molecular flexibility index (Phi) is 4.46. The molecule has 1 aromatic heterocycles. The highest BCUT2D eigenvalue weighted by atomic mass is 16.3. The third-order valence-corrected chi connectivity index (χ3v) is 4.25. The van der Waals surface area contributed by atoms with Crippen LogP contribution in [-0.4, -0.2) is 24.0 Å². The van der Waals surface area contributed by atoms with E-state index in [1.54, 1.807) is 6.26 Å². The molecule has 0 unspecified atom stereocenters. The number of rotatable bonds is 5. The maximum Gasteiger partial charge on any atom is 0.105 e. The van der Waals surface area contributed by atoms with Crippen LogP contribution in [0.25, 0.3) is 0 Å². The first-order chi connectivity index (χ1) is 8.59. The summed E-state index contributed by atoms with van der Waals surface area (Å²) >= 11 is 0. The van der Waals surface area contributed by atoms with Crippen molar-refractivity contribution in [3.8, 4) is 0 Å². The van der Waals surface area contributed by atoms with Crippen LogP contribution < -0.4 is 5.73 Å². The average molecular weight is 250 g/mol. The van der Waals surface area contributed by atoms with Gasteiger partial charge in [0.1, 0.15) is 5.76 Å². The van der Waals surface area contributed by atoms with E-state index in [9.17, 15) is 0 Å². The Hall–Kier alpha value is -0.800. The zero-order chi connectivity index (χ0) is 13.0. The van der Waals surface area contributed by atoms with Crippen molar-refractivity contribution >= 4 is 0 Å². The Morgan fingerprint density at radius 3 is 2.67 bits per heavy atom. The molecule has 1 saturated carbocycles. The van der Waals surface area contributed by atoms with Crippen LogP contribution in [0.5, 0.6) is 0 Å². The number of nitrogens with zero attached hydrogens (tertiary/aromatic N) is 1. The van der Waals surface area contributed by atoms with Gasteiger partial charge in [0, 0.05) is 17.6 Å². The lowest BCUT2D eigenvalue weighted by atomic mass is 9.80. The number of hydrogen-bond acceptors (Lipinski definition) is 3. The molecule has 0 aromatic carbocycles. The van der Waals surface area contributed by atoms with E-state index in [2.05, 4.69) is 18.0 Å². The summed E-state index contributed by atoms with van der Waals surface area (Å²) in [6, 6.07) is 2.06. The normalized spacial score (nSPS) is 19.3. The molecule has 0 radical (unpaired) electrons. The zero-order valence-electron chi connectivity index (χ0n) is 11.7. The molecule has 2 rings (SSSR count). The van der Waals surface area contributed by atoms with Crippen LogP contribution >= 0.6 is 0 Å². The Morgan fingerprint density at radius 2 is 2.06 bits per heavy atom. The summed E-state index contributed by atoms with van der Waals surface area (Å²) in [6.07, 6.45) is 9.26. The van der Waals surface area contributed by atoms with Gasteiger partial charge < -0.3 is 15.1 Å². The van der Waals surface area contributed by atoms with E-state index < -0.39 is 0 Å². The van der Waals surface area contributed by atoms with Gasteiger partial charge in [-0.25, -0.2) is 0 Å². The van der Waals surface area contributed by atoms with Crippen molar-refractivity contribution in [2.45, 2.75) is 57.5 Å². The van der Waals surface area contributed by atoms with Crippen molar-refractivity contribution in [3.63, 3.8) is 0 Å². The Morgan fingerprint density at radius 1 is 1.33 bits per heavy atom. The molecule has 0 atom stereocenters. The molecule has 102 valence electrons. The van der Waals surface area contributed by atoms with Crippen LogP contribution in [-0.2, 0) is 6.54 Å². The third kappa shape index (κ3) is 3.59. The molecule has 1 aliphatic rings. The molecule has 3 heteroatoms. The van der Waals surface area contributed by atoms with Gasteiger partial charge in [-0.15, -0.1) is 0 Å². The van der Waals surface area contributed by atoms with Crippen molar-refractivity contribution in [1.29, 1.82) is 0 Å². The van der Waals surface area contributed by atoms with Gasteiger partial charge in [0.05, 0.1) is 6.26 Å². The summed E-state index contributed by atoms with van der Waals surface area (Å²) in [5, 5.41) is 0. The van der Waals surface area contributed by atoms with E-state index in [-0.39, 0.29) is 5.54 Å². The van der Waals surface area contributed by atoms with Gasteiger partial charge in [-0.1, -0.05) is 19.3 Å². The van der Waals surface area contributed by atoms with E-state index in [1.807, 2.05) is 6.92 Å². The standard InChI is InChI=1S/C15H26N2O/c1-13-14(6-11-18-13)12-17(2)10-9-15(16)7-4-3-5-8-15/h6,11H,3-5,7-10,12,16H2,1-2H3. The monoisotopic (exact) mass is 250 g/mol. The van der Waals surface area contributed by atoms with Crippen molar-refractivity contribution in [3.05, 3.63) is 23.7 Å². The Bertz CT molecular complexity index is 366. The highest BCUT2D eigenvalue weighted by Crippen LogP contribution is 2.28. The molecule has 1 fully saturated rings. The van der Waals surface area contributed by atoms with E-state index in [4.69, 9.17) is 10.2 Å². The lowest BCUT2D eigenvalue weighted by Gasteiger charge is -2.34. The van der Waals surface area contributed by atoms with E-state index in [1.165, 1.54) is 37.7 Å². The van der Waals surface area contributed by atoms with Crippen molar-refractivity contribution in [1.82, 2.24) is 4.90 Å². The molecule has 1 aromatic rings. The molecule has 0 spiro atoms. The maximum absolute atomic E-state index is 6.47. The summed E-state index contributed by atoms with van der Waals surface area (Å²) in [5.74, 6) is 1.03. The molecule has 1 aliphatic carbocycles. The molecule has 0 saturated heterocycles. The van der Waals surface area contributed by atoms with E-state index >= 15 is 0 Å². The molecular weight excluding hydrogens is 224 g/mol. The van der Waals surface area contributed by atoms with Crippen molar-refractivity contribution < 1.29 is 4.42 Å². The molecule has 0 amide bonds. The number of hydrogen-bond donors (Lipinski definition) is 1. The number of aryl methyl sites for hydroxylation is 1. The fraction of sp³-hybridized carbons (Fsp3) is 0.733. The first-order valence-corrected chi connectivity index (χ1v) is 7.09. The van der Waals surface area contributed by atoms with Crippen LogP contribution in [0.2, 0.25) is 0 Å². The fourth-order valence-corrected chi connectivity index (χ4v) is 2.86. The van der Waals surface area contributed by atoms with Crippen LogP contribution in [0.1, 0.15) is 49.8 Å². The van der Waals surface area contributed by atoms with Gasteiger partial charge in [0.2, 0.25) is 0 Å². The van der Waals surface area contributed by atoms with Gasteiger partial charge in [0.15, 0.2) is 0 Å². The zero-order valence-corrected chi connectivity index (χ0v) is 11.7. The highest BCUT2D eigenvalue weighted by Gasteiger charge is 2.27. The van der Waals surface area contributed by atoms with Crippen LogP contribution in [0.4, 0.5) is 0 Å². The van der Waals surface area contributed by atoms with Gasteiger partial charge in [0.25, 0.3) is 0 Å². The summed E-state index contributed by atoms with van der Waals surface area (Å²) in [4.78, 5) is 2.35. The van der Waals surface area contributed by atoms with Crippen molar-refractivity contribution in [2.75, 3.05) is 13.6 Å². The van der Waals surface area contributed by atoms with Crippen molar-refractivity contribution in [2.24, 2.45) is 5.73 Å². The molecular formula is C15H26N2O. The van der Waals surface area contributed by atoms with E-state index in [0.29, 0.717) is 0 Å². The molecule has 3 nitrogen and oxygen atoms in total. The summed E-state index contributed by atoms with van der Waals surface area (Å²) in [5.41, 5.74) is 7.85. The quantitative estimate of drug-likeness (QED) is 0.873. The summed E-state index contributed by atoms with van der Waals surface area (Å²) < 4.78 is 5.33. The van der Waals surface area contributed by atoms with E-state index in [0.717, 1.165) is 25.3 Å². The average Bonchev–Trinajstić information content (AvgIpc) is 2.74. The predicted molar refractivity (Wildman–Crippen MR) is 74.4 cm³/mol. The molecule has 1 heterocycles. The summed E-state index contributed by atoms with van der Waals surface area (Å²) in [6.45, 7) is 4.05. The fourth-order valence-electron chi connectivity index (χ4n) is 2.86. The van der Waals surface area contributed by atoms with Gasteiger partial charge in [-0.2, -0.15) is 0 Å². The van der Waals surface area contributed by atoms with Gasteiger partial charge in [-0.05, 0) is 45.8 Å². The maximum atomic E-state index is 6.47. The first-order valence-electron chi connectivity index (χ1n) is 7.09. The Labute approximate surface area is 110 Å². The molecule has 18 heavy (non-hydrogen) atoms. The first kappa shape index (κ1) is 13.6. The minimum atomic E-state index is 0.0952. The second-order valence-electron chi connectivity index (χ2n) is 5.91. The predicted octanol–water partition coefficient (Wildman–Crippen LogP) is 3.07. The second kappa shape index (κ2) is 5.89. The minimum Gasteiger partial charge on any atom is -0.469 e. The Balaban J connectivity index is 1.77. The lowest BCUT2D eigenvalue weighted by Crippen LogP contribution is -2.44. The van der Waals surface area contributed by atoms with Crippen LogP contribution in [0, 0.1) is 6.92 Å². The molecule has 2 N–H and O–H groups in total. The summed E-state index contributed by atoms with van der Waals surface area (Å²) in [7, 11) is 2.17. The minimum absolute atomic E-state index is 0.0952. The van der Waals surface area contributed by atoms with Crippen LogP contribution in [0.15, 0.2) is 16.7 Å². The molecule has 0 aliphatic heterocycles. The smallest absolute Gasteiger partial charge is 0.105 e. The second-order valence-corrected chi connectivity index (χ2v) is 5.91. The van der Waals surface area contributed by atoms with Gasteiger partial charge in [-0.3, -0.25) is 0 Å². The highest BCUT2D eigenvalue weighted by molar-refractivity contribution is 5.14. The number of furan rings is 1. The van der Waals surface area contributed by atoms with Gasteiger partial charge >= 0.3 is 0 Å². The SMILES string of the molecule is Cc1occc1CN(C)CCC1(N)CCCCC1. The number of nitrogens with two attached hydrogens (primary N) is 1. The molecule has 0 bridgehead atoms.